The molecule has 3 aliphatic rings. The summed E-state index contributed by atoms with van der Waals surface area (Å²) in [6.45, 7) is 4.52. The number of rotatable bonds is 21. The number of nitrogens with zero attached hydrogens (tertiary/aromatic N) is 8. The average molecular weight is 1020 g/mol. The minimum absolute atomic E-state index is 0.0491. The number of alkyl carbamates (subject to hydrolysis) is 3. The van der Waals surface area contributed by atoms with Crippen molar-refractivity contribution in [3.8, 4) is 11.1 Å². The minimum atomic E-state index is -1.16. The topological polar surface area (TPSA) is 329 Å². The Morgan fingerprint density at radius 2 is 1.19 bits per heavy atom. The van der Waals surface area contributed by atoms with E-state index in [0.717, 1.165) is 39.9 Å². The van der Waals surface area contributed by atoms with Crippen LogP contribution >= 0.6 is 0 Å². The van der Waals surface area contributed by atoms with Gasteiger partial charge in [-0.1, -0.05) is 114 Å². The predicted molar refractivity (Wildman–Crippen MR) is 277 cm³/mol. The standard InChI is InChI=1S/C29H29N5O6.C14H19N5O4.C9H16N2/c30-34-33-20-14-12-19(13-15-20)17-39-28(37)31-16-6-5-11-26(27(35)36)32-29(38)40-18-25-23-9-3-1-7-21(23)22-8-2-4-10-24(22)25;15-12(13(20)21)3-1-2-8-17-14(22)23-9-10-4-6-11(7-5-10)18-19-16;1-2-5-9-10-6-4-8-11(9)7-3-1/h1-4,7-10,12-15,25-26H,5-6,11,16-18H2,(H,31,37)(H,32,38)(H,35,36);4-7,12H,1-3,8-9,15H2,(H,17,22)(H,20,21);1-8H2/t26-;12-;/m00./s1. The molecule has 2 atom stereocenters. The van der Waals surface area contributed by atoms with Crippen molar-refractivity contribution in [2.75, 3.05) is 39.3 Å². The van der Waals surface area contributed by atoms with Gasteiger partial charge in [0.2, 0.25) is 0 Å². The highest BCUT2D eigenvalue weighted by Gasteiger charge is 2.30. The third-order valence-corrected chi connectivity index (χ3v) is 12.2. The number of azide groups is 2. The number of hydrogen-bond donors (Lipinski definition) is 6. The van der Waals surface area contributed by atoms with E-state index in [0.29, 0.717) is 50.0 Å². The Morgan fingerprint density at radius 3 is 1.72 bits per heavy atom. The molecule has 22 heteroatoms. The van der Waals surface area contributed by atoms with E-state index in [-0.39, 0.29) is 38.7 Å². The molecule has 0 radical (unpaired) electrons. The molecule has 22 nitrogen and oxygen atoms in total. The van der Waals surface area contributed by atoms with Crippen molar-refractivity contribution < 1.29 is 48.4 Å². The van der Waals surface area contributed by atoms with Crippen LogP contribution in [0.25, 0.3) is 32.0 Å². The van der Waals surface area contributed by atoms with E-state index in [1.54, 1.807) is 48.5 Å². The second kappa shape index (κ2) is 31.2. The number of carboxylic acids is 2. The van der Waals surface area contributed by atoms with Gasteiger partial charge in [-0.05, 0) is 102 Å². The number of carbonyl (C=O) groups is 5. The largest absolute Gasteiger partial charge is 0.480 e. The second-order valence-electron chi connectivity index (χ2n) is 17.5. The summed E-state index contributed by atoms with van der Waals surface area (Å²) in [5.74, 6) is -0.908. The van der Waals surface area contributed by atoms with Crippen molar-refractivity contribution in [1.29, 1.82) is 0 Å². The number of fused-ring (bicyclic) bond motifs is 4. The monoisotopic (exact) mass is 1020 g/mol. The fraction of sp³-hybridized carbons (Fsp3) is 0.423. The van der Waals surface area contributed by atoms with Gasteiger partial charge in [0.15, 0.2) is 0 Å². The number of nitrogens with one attached hydrogen (secondary N) is 3. The Balaban J connectivity index is 0.000000248. The molecule has 392 valence electrons. The van der Waals surface area contributed by atoms with Crippen molar-refractivity contribution in [3.05, 3.63) is 140 Å². The molecule has 4 aromatic carbocycles. The van der Waals surface area contributed by atoms with Crippen LogP contribution < -0.4 is 21.7 Å². The van der Waals surface area contributed by atoms with E-state index in [2.05, 4.69) is 45.9 Å². The van der Waals surface area contributed by atoms with Crippen LogP contribution in [0.3, 0.4) is 0 Å². The molecule has 4 aromatic rings. The van der Waals surface area contributed by atoms with Crippen LogP contribution in [-0.4, -0.2) is 103 Å². The van der Waals surface area contributed by atoms with Gasteiger partial charge in [-0.15, -0.1) is 0 Å². The van der Waals surface area contributed by atoms with Crippen molar-refractivity contribution >= 4 is 47.4 Å². The molecular formula is C52H64N12O10. The third kappa shape index (κ3) is 19.4. The van der Waals surface area contributed by atoms with Gasteiger partial charge in [0.05, 0.1) is 5.84 Å². The lowest BCUT2D eigenvalue weighted by atomic mass is 9.98. The van der Waals surface area contributed by atoms with Gasteiger partial charge in [-0.3, -0.25) is 9.79 Å². The molecule has 1 aliphatic carbocycles. The highest BCUT2D eigenvalue weighted by molar-refractivity contribution is 5.83. The average Bonchev–Trinajstić information content (AvgIpc) is 3.52. The Hall–Kier alpha value is -8.32. The number of nitrogens with two attached hydrogens (primary N) is 1. The number of amidine groups is 1. The SMILES string of the molecule is C1CCC2=NCCCN2CC1.[N-]=[N+]=Nc1ccc(COC(=O)NCCCC[C@H](N)C(=O)O)cc1.[N-]=[N+]=Nc1ccc(COC(=O)NCCCC[C@H](NC(=O)OCC2c3ccccc3-c3ccccc32)C(=O)O)cc1. The van der Waals surface area contributed by atoms with Gasteiger partial charge in [0, 0.05) is 66.3 Å². The minimum Gasteiger partial charge on any atom is -0.480 e. The summed E-state index contributed by atoms with van der Waals surface area (Å²) in [6.07, 6.45) is 7.39. The van der Waals surface area contributed by atoms with E-state index >= 15 is 0 Å². The van der Waals surface area contributed by atoms with Crippen molar-refractivity contribution in [1.82, 2.24) is 20.9 Å². The first kappa shape index (κ1) is 56.6. The first-order valence-corrected chi connectivity index (χ1v) is 24.7. The van der Waals surface area contributed by atoms with Crippen LogP contribution in [0.4, 0.5) is 25.8 Å². The molecule has 0 spiro atoms. The lowest BCUT2D eigenvalue weighted by Crippen LogP contribution is -2.41. The number of benzene rings is 4. The first-order valence-electron chi connectivity index (χ1n) is 24.7. The predicted octanol–water partition coefficient (Wildman–Crippen LogP) is 10.1. The van der Waals surface area contributed by atoms with E-state index in [1.807, 2.05) is 48.5 Å². The summed E-state index contributed by atoms with van der Waals surface area (Å²) in [4.78, 5) is 70.4. The Kier molecular flexibility index (Phi) is 23.9. The Morgan fingerprint density at radius 1 is 0.662 bits per heavy atom. The summed E-state index contributed by atoms with van der Waals surface area (Å²) in [5, 5.41) is 32.7. The van der Waals surface area contributed by atoms with Gasteiger partial charge in [0.1, 0.15) is 31.9 Å². The van der Waals surface area contributed by atoms with Crippen LogP contribution in [0.15, 0.2) is 112 Å². The van der Waals surface area contributed by atoms with Gasteiger partial charge in [-0.2, -0.15) is 0 Å². The molecule has 0 unspecified atom stereocenters. The van der Waals surface area contributed by atoms with Crippen molar-refractivity contribution in [2.24, 2.45) is 21.0 Å². The number of carboxylic acid groups (broad SMARTS) is 2. The molecule has 7 rings (SSSR count). The van der Waals surface area contributed by atoms with E-state index in [4.69, 9.17) is 36.1 Å². The number of carbonyl (C=O) groups excluding carboxylic acids is 3. The number of aliphatic imine (C=N–C) groups is 1. The van der Waals surface area contributed by atoms with Crippen LogP contribution in [-0.2, 0) is 37.0 Å². The maximum Gasteiger partial charge on any atom is 0.407 e. The lowest BCUT2D eigenvalue weighted by Gasteiger charge is -2.27. The van der Waals surface area contributed by atoms with Gasteiger partial charge in [-0.25, -0.2) is 19.2 Å². The lowest BCUT2D eigenvalue weighted by molar-refractivity contribution is -0.140. The summed E-state index contributed by atoms with van der Waals surface area (Å²) in [5.41, 5.74) is 28.9. The Labute approximate surface area is 428 Å². The van der Waals surface area contributed by atoms with Crippen LogP contribution in [0.5, 0.6) is 0 Å². The molecule has 0 bridgehead atoms. The van der Waals surface area contributed by atoms with Crippen molar-refractivity contribution in [3.63, 3.8) is 0 Å². The molecule has 0 aromatic heterocycles. The quantitative estimate of drug-likeness (QED) is 0.0149. The molecule has 74 heavy (non-hydrogen) atoms. The van der Waals surface area contributed by atoms with Crippen LogP contribution in [0.1, 0.15) is 98.8 Å². The molecule has 0 saturated carbocycles. The highest BCUT2D eigenvalue weighted by atomic mass is 16.6. The number of aliphatic carboxylic acids is 2. The maximum atomic E-state index is 12.5. The Bertz CT molecular complexity index is 2560. The summed E-state index contributed by atoms with van der Waals surface area (Å²) in [6, 6.07) is 27.2. The molecule has 2 aliphatic heterocycles. The second-order valence-corrected chi connectivity index (χ2v) is 17.5. The van der Waals surface area contributed by atoms with Crippen LogP contribution in [0.2, 0.25) is 0 Å². The fourth-order valence-electron chi connectivity index (χ4n) is 8.27. The van der Waals surface area contributed by atoms with Gasteiger partial charge in [0.25, 0.3) is 0 Å². The van der Waals surface area contributed by atoms with Gasteiger partial charge < -0.3 is 51.0 Å². The first-order chi connectivity index (χ1) is 35.9. The maximum absolute atomic E-state index is 12.5. The normalized spacial score (nSPS) is 13.9. The molecular weight excluding hydrogens is 953 g/mol. The van der Waals surface area contributed by atoms with Crippen molar-refractivity contribution in [2.45, 2.75) is 102 Å². The zero-order valence-corrected chi connectivity index (χ0v) is 41.2. The molecule has 7 N–H and O–H groups in total. The number of amides is 3. The van der Waals surface area contributed by atoms with E-state index < -0.39 is 42.3 Å². The van der Waals surface area contributed by atoms with Crippen LogP contribution in [0, 0.1) is 0 Å². The zero-order chi connectivity index (χ0) is 52.9. The number of hydrogen-bond acceptors (Lipinski definition) is 13. The zero-order valence-electron chi connectivity index (χ0n) is 41.2. The number of unbranched alkanes of at least 4 members (excludes halogenated alkanes) is 2. The molecule has 1 saturated heterocycles. The molecule has 2 heterocycles. The summed E-state index contributed by atoms with van der Waals surface area (Å²) >= 11 is 0. The van der Waals surface area contributed by atoms with Gasteiger partial charge >= 0.3 is 30.2 Å². The van der Waals surface area contributed by atoms with E-state index in [1.165, 1.54) is 51.0 Å². The summed E-state index contributed by atoms with van der Waals surface area (Å²) < 4.78 is 15.6. The molecule has 1 fully saturated rings. The van der Waals surface area contributed by atoms with E-state index in [9.17, 15) is 29.1 Å². The smallest absolute Gasteiger partial charge is 0.407 e. The third-order valence-electron chi connectivity index (χ3n) is 12.2. The molecule has 3 amide bonds. The number of ether oxygens (including phenoxy) is 3. The highest BCUT2D eigenvalue weighted by Crippen LogP contribution is 2.44. The summed E-state index contributed by atoms with van der Waals surface area (Å²) in [7, 11) is 0. The fourth-order valence-corrected chi connectivity index (χ4v) is 8.27.